The van der Waals surface area contributed by atoms with E-state index in [1.165, 1.54) is 25.7 Å². The molecular formula is C22H28ClNO2. The molecule has 2 aliphatic carbocycles. The van der Waals surface area contributed by atoms with Gasteiger partial charge in [0.25, 0.3) is 5.56 Å². The second-order valence-electron chi connectivity index (χ2n) is 7.05. The van der Waals surface area contributed by atoms with Crippen LogP contribution in [-0.2, 0) is 11.2 Å². The highest BCUT2D eigenvalue weighted by Gasteiger charge is 2.22. The van der Waals surface area contributed by atoms with Crippen LogP contribution >= 0.6 is 11.6 Å². The number of aromatic nitrogens is 1. The van der Waals surface area contributed by atoms with Gasteiger partial charge in [0.15, 0.2) is 0 Å². The number of pyridine rings is 1. The molecule has 1 N–H and O–H groups in total. The minimum Gasteiger partial charge on any atom is -0.373 e. The van der Waals surface area contributed by atoms with Crippen LogP contribution in [0.25, 0.3) is 5.57 Å². The SMILES string of the molecule is CCOC1C=CC(/C(=C\C2CCCC2)c2ccc(CC)c(=O)[nH]2)=CC1Cl. The topological polar surface area (TPSA) is 42.1 Å². The number of alkyl halides is 1. The van der Waals surface area contributed by atoms with Crippen molar-refractivity contribution < 1.29 is 4.74 Å². The monoisotopic (exact) mass is 373 g/mol. The molecule has 1 heterocycles. The molecule has 0 spiro atoms. The Bertz CT molecular complexity index is 769. The summed E-state index contributed by atoms with van der Waals surface area (Å²) < 4.78 is 5.67. The number of nitrogens with one attached hydrogen (secondary N) is 1. The molecule has 1 aromatic heterocycles. The third-order valence-electron chi connectivity index (χ3n) is 5.25. The summed E-state index contributed by atoms with van der Waals surface area (Å²) in [5, 5.41) is -0.205. The number of halogens is 1. The van der Waals surface area contributed by atoms with Crippen molar-refractivity contribution in [3.63, 3.8) is 0 Å². The summed E-state index contributed by atoms with van der Waals surface area (Å²) in [5.74, 6) is 0.562. The van der Waals surface area contributed by atoms with Crippen LogP contribution in [0.15, 0.2) is 46.8 Å². The molecule has 2 atom stereocenters. The fourth-order valence-electron chi connectivity index (χ4n) is 3.79. The lowest BCUT2D eigenvalue weighted by molar-refractivity contribution is 0.0998. The van der Waals surface area contributed by atoms with Gasteiger partial charge in [-0.1, -0.05) is 50.1 Å². The Balaban J connectivity index is 1.97. The highest BCUT2D eigenvalue weighted by Crippen LogP contribution is 2.34. The zero-order chi connectivity index (χ0) is 18.5. The normalized spacial score (nSPS) is 24.1. The van der Waals surface area contributed by atoms with E-state index in [1.807, 2.05) is 32.1 Å². The van der Waals surface area contributed by atoms with E-state index in [2.05, 4.69) is 23.2 Å². The molecule has 4 heteroatoms. The number of aryl methyl sites for hydroxylation is 1. The van der Waals surface area contributed by atoms with Crippen molar-refractivity contribution in [2.75, 3.05) is 6.61 Å². The molecule has 1 fully saturated rings. The second kappa shape index (κ2) is 8.88. The molecule has 0 aromatic carbocycles. The molecule has 0 aliphatic heterocycles. The van der Waals surface area contributed by atoms with E-state index in [-0.39, 0.29) is 17.0 Å². The van der Waals surface area contributed by atoms with Crippen LogP contribution in [0.3, 0.4) is 0 Å². The van der Waals surface area contributed by atoms with Gasteiger partial charge in [-0.25, -0.2) is 0 Å². The highest BCUT2D eigenvalue weighted by atomic mass is 35.5. The van der Waals surface area contributed by atoms with E-state index in [9.17, 15) is 4.79 Å². The van der Waals surface area contributed by atoms with Crippen LogP contribution < -0.4 is 5.56 Å². The average molecular weight is 374 g/mol. The molecule has 0 saturated heterocycles. The largest absolute Gasteiger partial charge is 0.373 e. The maximum Gasteiger partial charge on any atom is 0.251 e. The zero-order valence-corrected chi connectivity index (χ0v) is 16.4. The molecule has 1 aromatic rings. The summed E-state index contributed by atoms with van der Waals surface area (Å²) in [7, 11) is 0. The minimum absolute atomic E-state index is 0.00247. The van der Waals surface area contributed by atoms with Gasteiger partial charge >= 0.3 is 0 Å². The van der Waals surface area contributed by atoms with E-state index in [0.29, 0.717) is 12.5 Å². The molecule has 3 rings (SSSR count). The summed E-state index contributed by atoms with van der Waals surface area (Å²) in [5.41, 5.74) is 3.82. The number of hydrogen-bond donors (Lipinski definition) is 1. The molecule has 140 valence electrons. The number of ether oxygens (including phenoxy) is 1. The molecule has 1 saturated carbocycles. The van der Waals surface area contributed by atoms with E-state index in [0.717, 1.165) is 28.8 Å². The highest BCUT2D eigenvalue weighted by molar-refractivity contribution is 6.22. The molecule has 0 radical (unpaired) electrons. The summed E-state index contributed by atoms with van der Waals surface area (Å²) in [6.07, 6.45) is 14.1. The zero-order valence-electron chi connectivity index (χ0n) is 15.6. The second-order valence-corrected chi connectivity index (χ2v) is 7.55. The van der Waals surface area contributed by atoms with E-state index >= 15 is 0 Å². The first-order valence-electron chi connectivity index (χ1n) is 9.72. The Morgan fingerprint density at radius 1 is 1.31 bits per heavy atom. The Kier molecular flexibility index (Phi) is 6.55. The Labute approximate surface area is 160 Å². The van der Waals surface area contributed by atoms with Gasteiger partial charge in [-0.05, 0) is 43.7 Å². The Hall–Kier alpha value is -1.58. The average Bonchev–Trinajstić information content (AvgIpc) is 3.15. The van der Waals surface area contributed by atoms with E-state index in [1.54, 1.807) is 0 Å². The van der Waals surface area contributed by atoms with Gasteiger partial charge < -0.3 is 9.72 Å². The van der Waals surface area contributed by atoms with Crippen LogP contribution in [0.1, 0.15) is 50.8 Å². The third kappa shape index (κ3) is 4.39. The van der Waals surface area contributed by atoms with Crippen molar-refractivity contribution in [3.8, 4) is 0 Å². The van der Waals surface area contributed by atoms with Crippen molar-refractivity contribution in [2.24, 2.45) is 5.92 Å². The van der Waals surface area contributed by atoms with Crippen molar-refractivity contribution in [2.45, 2.75) is 57.4 Å². The lowest BCUT2D eigenvalue weighted by Gasteiger charge is -2.23. The smallest absolute Gasteiger partial charge is 0.251 e. The number of allylic oxidation sites excluding steroid dienone is 4. The van der Waals surface area contributed by atoms with Crippen LogP contribution in [0.4, 0.5) is 0 Å². The molecule has 2 unspecified atom stereocenters. The number of H-pyrrole nitrogens is 1. The standard InChI is InChI=1S/C22H28ClNO2/c1-3-16-9-11-20(24-22(16)25)18(13-15-7-5-6-8-15)17-10-12-21(26-4-2)19(23)14-17/h9-15,19,21H,3-8H2,1-2H3,(H,24,25)/b18-13+. The van der Waals surface area contributed by atoms with Gasteiger partial charge in [0.2, 0.25) is 0 Å². The molecule has 2 aliphatic rings. The fourth-order valence-corrected chi connectivity index (χ4v) is 4.08. The number of hydrogen-bond acceptors (Lipinski definition) is 2. The first-order chi connectivity index (χ1) is 12.6. The minimum atomic E-state index is -0.205. The lowest BCUT2D eigenvalue weighted by Crippen LogP contribution is -2.24. The first kappa shape index (κ1) is 19.2. The van der Waals surface area contributed by atoms with Gasteiger partial charge in [-0.3, -0.25) is 4.79 Å². The van der Waals surface area contributed by atoms with Gasteiger partial charge in [0.05, 0.1) is 11.5 Å². The summed E-state index contributed by atoms with van der Waals surface area (Å²) >= 11 is 6.53. The van der Waals surface area contributed by atoms with Crippen molar-refractivity contribution >= 4 is 17.2 Å². The first-order valence-corrected chi connectivity index (χ1v) is 10.2. The van der Waals surface area contributed by atoms with E-state index in [4.69, 9.17) is 16.3 Å². The van der Waals surface area contributed by atoms with Crippen LogP contribution in [0.5, 0.6) is 0 Å². The summed E-state index contributed by atoms with van der Waals surface area (Å²) in [6.45, 7) is 4.61. The van der Waals surface area contributed by atoms with E-state index < -0.39 is 0 Å². The number of rotatable bonds is 6. The van der Waals surface area contributed by atoms with Crippen molar-refractivity contribution in [1.29, 1.82) is 0 Å². The van der Waals surface area contributed by atoms with Gasteiger partial charge in [-0.15, -0.1) is 11.6 Å². The molecule has 26 heavy (non-hydrogen) atoms. The molecule has 3 nitrogen and oxygen atoms in total. The number of aromatic amines is 1. The lowest BCUT2D eigenvalue weighted by atomic mass is 9.91. The predicted octanol–water partition coefficient (Wildman–Crippen LogP) is 5.02. The van der Waals surface area contributed by atoms with Crippen LogP contribution in [0, 0.1) is 5.92 Å². The molecular weight excluding hydrogens is 346 g/mol. The van der Waals surface area contributed by atoms with Crippen LogP contribution in [-0.4, -0.2) is 23.1 Å². The third-order valence-corrected chi connectivity index (χ3v) is 5.63. The quantitative estimate of drug-likeness (QED) is 0.711. The summed E-state index contributed by atoms with van der Waals surface area (Å²) in [6, 6.07) is 3.96. The maximum atomic E-state index is 12.3. The Morgan fingerprint density at radius 2 is 2.08 bits per heavy atom. The molecule has 0 amide bonds. The Morgan fingerprint density at radius 3 is 2.69 bits per heavy atom. The predicted molar refractivity (Wildman–Crippen MR) is 109 cm³/mol. The maximum absolute atomic E-state index is 12.3. The van der Waals surface area contributed by atoms with Gasteiger partial charge in [0, 0.05) is 23.4 Å². The van der Waals surface area contributed by atoms with Crippen molar-refractivity contribution in [3.05, 3.63) is 63.6 Å². The van der Waals surface area contributed by atoms with Crippen LogP contribution in [0.2, 0.25) is 0 Å². The van der Waals surface area contributed by atoms with Gasteiger partial charge in [-0.2, -0.15) is 0 Å². The van der Waals surface area contributed by atoms with Crippen molar-refractivity contribution in [1.82, 2.24) is 4.98 Å². The summed E-state index contributed by atoms with van der Waals surface area (Å²) in [4.78, 5) is 15.4. The fraction of sp³-hybridized carbons (Fsp3) is 0.500. The molecule has 0 bridgehead atoms. The van der Waals surface area contributed by atoms with Gasteiger partial charge in [0.1, 0.15) is 0 Å².